The molecule has 7 heteroatoms. The van der Waals surface area contributed by atoms with Gasteiger partial charge in [0.25, 0.3) is 11.8 Å². The van der Waals surface area contributed by atoms with Gasteiger partial charge in [-0.25, -0.2) is 8.78 Å². The van der Waals surface area contributed by atoms with Gasteiger partial charge in [0.05, 0.1) is 6.04 Å². The molecule has 0 saturated carbocycles. The third kappa shape index (κ3) is 3.39. The minimum absolute atomic E-state index is 0.0277. The lowest BCUT2D eigenvalue weighted by atomic mass is 9.89. The van der Waals surface area contributed by atoms with E-state index in [4.69, 9.17) is 4.74 Å². The van der Waals surface area contributed by atoms with Crippen molar-refractivity contribution in [3.05, 3.63) is 70.3 Å². The SMILES string of the molecule is Cc1ccc(C)c(C(=O)N2CCC3(CC2)O[C@@H]2CC[C@@H](c4cc(F)cc(F)c4)N2C3=O)c1. The van der Waals surface area contributed by atoms with Gasteiger partial charge in [0.1, 0.15) is 17.9 Å². The first-order chi connectivity index (χ1) is 15.3. The molecule has 3 fully saturated rings. The van der Waals surface area contributed by atoms with Crippen molar-refractivity contribution in [3.8, 4) is 0 Å². The summed E-state index contributed by atoms with van der Waals surface area (Å²) in [6.45, 7) is 4.74. The Morgan fingerprint density at radius 3 is 2.41 bits per heavy atom. The van der Waals surface area contributed by atoms with Gasteiger partial charge in [-0.2, -0.15) is 0 Å². The van der Waals surface area contributed by atoms with Crippen LogP contribution in [0, 0.1) is 25.5 Å². The molecule has 0 unspecified atom stereocenters. The topological polar surface area (TPSA) is 49.9 Å². The zero-order chi connectivity index (χ0) is 22.6. The first-order valence-corrected chi connectivity index (χ1v) is 11.1. The fourth-order valence-electron chi connectivity index (χ4n) is 5.35. The van der Waals surface area contributed by atoms with Crippen LogP contribution in [0.25, 0.3) is 0 Å². The Morgan fingerprint density at radius 2 is 1.72 bits per heavy atom. The highest BCUT2D eigenvalue weighted by molar-refractivity contribution is 5.96. The van der Waals surface area contributed by atoms with Crippen LogP contribution >= 0.6 is 0 Å². The second kappa shape index (κ2) is 7.66. The highest BCUT2D eigenvalue weighted by Gasteiger charge is 2.58. The van der Waals surface area contributed by atoms with Crippen molar-refractivity contribution >= 4 is 11.8 Å². The van der Waals surface area contributed by atoms with E-state index in [1.165, 1.54) is 12.1 Å². The van der Waals surface area contributed by atoms with Gasteiger partial charge in [0.15, 0.2) is 5.60 Å². The molecule has 2 aromatic carbocycles. The maximum Gasteiger partial charge on any atom is 0.257 e. The lowest BCUT2D eigenvalue weighted by Gasteiger charge is -2.37. The van der Waals surface area contributed by atoms with E-state index >= 15 is 0 Å². The molecule has 3 saturated heterocycles. The smallest absolute Gasteiger partial charge is 0.257 e. The van der Waals surface area contributed by atoms with E-state index in [-0.39, 0.29) is 18.0 Å². The highest BCUT2D eigenvalue weighted by atomic mass is 19.1. The van der Waals surface area contributed by atoms with Gasteiger partial charge >= 0.3 is 0 Å². The first kappa shape index (κ1) is 21.1. The number of hydrogen-bond donors (Lipinski definition) is 0. The highest BCUT2D eigenvalue weighted by Crippen LogP contribution is 2.47. The van der Waals surface area contributed by atoms with Crippen molar-refractivity contribution in [2.24, 2.45) is 0 Å². The molecule has 0 N–H and O–H groups in total. The number of amides is 2. The normalized spacial score (nSPS) is 24.3. The number of nitrogens with zero attached hydrogens (tertiary/aromatic N) is 2. The van der Waals surface area contributed by atoms with Crippen molar-refractivity contribution in [1.29, 1.82) is 0 Å². The van der Waals surface area contributed by atoms with E-state index in [1.54, 1.807) is 9.80 Å². The van der Waals surface area contributed by atoms with Crippen LogP contribution in [-0.4, -0.2) is 46.5 Å². The van der Waals surface area contributed by atoms with Gasteiger partial charge in [-0.05, 0) is 56.0 Å². The Bertz CT molecular complexity index is 1070. The molecule has 3 heterocycles. The van der Waals surface area contributed by atoms with E-state index in [1.807, 2.05) is 32.0 Å². The van der Waals surface area contributed by atoms with Gasteiger partial charge in [-0.3, -0.25) is 9.59 Å². The summed E-state index contributed by atoms with van der Waals surface area (Å²) in [7, 11) is 0. The second-order valence-corrected chi connectivity index (χ2v) is 9.19. The summed E-state index contributed by atoms with van der Waals surface area (Å²) >= 11 is 0. The van der Waals surface area contributed by atoms with Crippen LogP contribution in [0.5, 0.6) is 0 Å². The van der Waals surface area contributed by atoms with Gasteiger partial charge in [0.2, 0.25) is 0 Å². The maximum absolute atomic E-state index is 13.8. The van der Waals surface area contributed by atoms with E-state index in [9.17, 15) is 18.4 Å². The molecule has 2 amide bonds. The minimum atomic E-state index is -0.965. The van der Waals surface area contributed by atoms with Gasteiger partial charge in [0, 0.05) is 37.6 Å². The first-order valence-electron chi connectivity index (χ1n) is 11.1. The van der Waals surface area contributed by atoms with Crippen LogP contribution in [0.4, 0.5) is 8.78 Å². The molecule has 3 aliphatic heterocycles. The summed E-state index contributed by atoms with van der Waals surface area (Å²) in [5.41, 5.74) is 2.14. The summed E-state index contributed by atoms with van der Waals surface area (Å²) in [5.74, 6) is -1.46. The molecule has 2 atom stereocenters. The molecule has 5 nitrogen and oxygen atoms in total. The number of aryl methyl sites for hydroxylation is 2. The number of fused-ring (bicyclic) bond motifs is 1. The summed E-state index contributed by atoms with van der Waals surface area (Å²) in [5, 5.41) is 0. The molecule has 0 aromatic heterocycles. The van der Waals surface area contributed by atoms with E-state index in [0.29, 0.717) is 49.9 Å². The number of likely N-dealkylation sites (tertiary alicyclic amines) is 1. The van der Waals surface area contributed by atoms with Crippen LogP contribution < -0.4 is 0 Å². The Labute approximate surface area is 186 Å². The molecule has 168 valence electrons. The van der Waals surface area contributed by atoms with Crippen molar-refractivity contribution in [2.75, 3.05) is 13.1 Å². The molecule has 2 aromatic rings. The Hall–Kier alpha value is -2.80. The summed E-state index contributed by atoms with van der Waals surface area (Å²) in [6.07, 6.45) is 1.67. The number of benzene rings is 2. The van der Waals surface area contributed by atoms with Crippen molar-refractivity contribution in [2.45, 2.75) is 57.4 Å². The molecule has 1 spiro atoms. The number of carbonyl (C=O) groups excluding carboxylic acids is 2. The number of halogens is 2. The van der Waals surface area contributed by atoms with Crippen LogP contribution in [0.3, 0.4) is 0 Å². The van der Waals surface area contributed by atoms with Crippen LogP contribution in [-0.2, 0) is 9.53 Å². The summed E-state index contributed by atoms with van der Waals surface area (Å²) in [6, 6.07) is 8.85. The maximum atomic E-state index is 13.8. The lowest BCUT2D eigenvalue weighted by molar-refractivity contribution is -0.142. The van der Waals surface area contributed by atoms with E-state index in [0.717, 1.165) is 17.2 Å². The quantitative estimate of drug-likeness (QED) is 0.701. The number of carbonyl (C=O) groups is 2. The van der Waals surface area contributed by atoms with Crippen molar-refractivity contribution in [3.63, 3.8) is 0 Å². The van der Waals surface area contributed by atoms with Crippen molar-refractivity contribution < 1.29 is 23.1 Å². The van der Waals surface area contributed by atoms with E-state index in [2.05, 4.69) is 0 Å². The predicted octanol–water partition coefficient (Wildman–Crippen LogP) is 4.28. The fraction of sp³-hybridized carbons (Fsp3) is 0.440. The van der Waals surface area contributed by atoms with Crippen LogP contribution in [0.15, 0.2) is 36.4 Å². The monoisotopic (exact) mass is 440 g/mol. The lowest BCUT2D eigenvalue weighted by Crippen LogP contribution is -2.51. The average molecular weight is 440 g/mol. The predicted molar refractivity (Wildman–Crippen MR) is 114 cm³/mol. The standard InChI is InChI=1S/C25H26F2N2O3/c1-15-3-4-16(2)20(11-15)23(30)28-9-7-25(8-10-28)24(31)29-21(5-6-22(29)32-25)17-12-18(26)14-19(27)13-17/h3-4,11-14,21-22H,5-10H2,1-2H3/t21-,22+/m0/s1. The Balaban J connectivity index is 1.32. The van der Waals surface area contributed by atoms with Crippen LogP contribution in [0.2, 0.25) is 0 Å². The Kier molecular flexibility index (Phi) is 5.04. The molecule has 0 bridgehead atoms. The second-order valence-electron chi connectivity index (χ2n) is 9.19. The molecule has 0 aliphatic carbocycles. The van der Waals surface area contributed by atoms with Gasteiger partial charge in [-0.15, -0.1) is 0 Å². The summed E-state index contributed by atoms with van der Waals surface area (Å²) < 4.78 is 33.8. The largest absolute Gasteiger partial charge is 0.342 e. The zero-order valence-corrected chi connectivity index (χ0v) is 18.2. The minimum Gasteiger partial charge on any atom is -0.342 e. The van der Waals surface area contributed by atoms with Gasteiger partial charge < -0.3 is 14.5 Å². The molecule has 3 aliphatic rings. The molecule has 5 rings (SSSR count). The van der Waals surface area contributed by atoms with E-state index < -0.39 is 23.3 Å². The van der Waals surface area contributed by atoms with Crippen LogP contribution in [0.1, 0.15) is 58.8 Å². The number of hydrogen-bond acceptors (Lipinski definition) is 3. The number of piperidine rings is 1. The number of rotatable bonds is 2. The van der Waals surface area contributed by atoms with Crippen molar-refractivity contribution in [1.82, 2.24) is 9.80 Å². The fourth-order valence-corrected chi connectivity index (χ4v) is 5.35. The third-order valence-corrected chi connectivity index (χ3v) is 7.07. The Morgan fingerprint density at radius 1 is 1.03 bits per heavy atom. The molecule has 0 radical (unpaired) electrons. The molecule has 32 heavy (non-hydrogen) atoms. The average Bonchev–Trinajstić information content (AvgIpc) is 3.27. The third-order valence-electron chi connectivity index (χ3n) is 7.07. The summed E-state index contributed by atoms with van der Waals surface area (Å²) in [4.78, 5) is 30.0. The van der Waals surface area contributed by atoms with Gasteiger partial charge in [-0.1, -0.05) is 17.7 Å². The number of ether oxygens (including phenoxy) is 1. The zero-order valence-electron chi connectivity index (χ0n) is 18.2. The molecular formula is C25H26F2N2O3. The molecular weight excluding hydrogens is 414 g/mol.